The number of allylic oxidation sites excluding steroid dienone is 2. The molecule has 4 rings (SSSR count). The first kappa shape index (κ1) is 18.7. The van der Waals surface area contributed by atoms with E-state index in [9.17, 15) is 14.4 Å². The summed E-state index contributed by atoms with van der Waals surface area (Å²) in [5.74, 6) is -0.590. The first-order valence-electron chi connectivity index (χ1n) is 8.65. The van der Waals surface area contributed by atoms with Crippen LogP contribution >= 0.6 is 22.6 Å². The van der Waals surface area contributed by atoms with E-state index in [1.54, 1.807) is 28.4 Å². The first-order valence-corrected chi connectivity index (χ1v) is 9.73. The van der Waals surface area contributed by atoms with Crippen molar-refractivity contribution in [2.75, 3.05) is 7.11 Å². The van der Waals surface area contributed by atoms with Crippen molar-refractivity contribution in [1.29, 1.82) is 0 Å². The predicted octanol–water partition coefficient (Wildman–Crippen LogP) is 3.21. The fraction of sp³-hybridized carbons (Fsp3) is 0.190. The zero-order chi connectivity index (χ0) is 20.2. The number of benzene rings is 1. The summed E-state index contributed by atoms with van der Waals surface area (Å²) >= 11 is 2.20. The molecule has 142 valence electrons. The van der Waals surface area contributed by atoms with Crippen LogP contribution in [0, 0.1) is 10.5 Å². The molecule has 6 nitrogen and oxygen atoms in total. The van der Waals surface area contributed by atoms with Crippen molar-refractivity contribution >= 4 is 44.9 Å². The molecule has 28 heavy (non-hydrogen) atoms. The van der Waals surface area contributed by atoms with Gasteiger partial charge in [-0.25, -0.2) is 0 Å². The van der Waals surface area contributed by atoms with Crippen LogP contribution in [0.15, 0.2) is 47.1 Å². The summed E-state index contributed by atoms with van der Waals surface area (Å²) in [6.45, 7) is 2.04. The van der Waals surface area contributed by atoms with Crippen LogP contribution in [0.1, 0.15) is 32.1 Å². The topological polar surface area (TPSA) is 70.3 Å². The predicted molar refractivity (Wildman–Crippen MR) is 114 cm³/mol. The number of carbonyl (C=O) groups excluding carboxylic acids is 2. The van der Waals surface area contributed by atoms with E-state index in [2.05, 4.69) is 22.6 Å². The number of aromatic nitrogens is 2. The van der Waals surface area contributed by atoms with Gasteiger partial charge in [0.15, 0.2) is 5.76 Å². The van der Waals surface area contributed by atoms with Gasteiger partial charge in [0, 0.05) is 44.9 Å². The number of Topliss-reactive ketones (excluding diaryl/α,β-unsaturated/α-hetero) is 1. The molecule has 3 aromatic rings. The number of rotatable bonds is 3. The monoisotopic (exact) mass is 488 g/mol. The van der Waals surface area contributed by atoms with E-state index < -0.39 is 0 Å². The van der Waals surface area contributed by atoms with Crippen molar-refractivity contribution in [3.8, 4) is 0 Å². The highest BCUT2D eigenvalue weighted by Gasteiger charge is 2.34. The van der Waals surface area contributed by atoms with Crippen molar-refractivity contribution in [2.45, 2.75) is 13.5 Å². The molecule has 0 N–H and O–H groups in total. The number of ketones is 2. The van der Waals surface area contributed by atoms with E-state index in [0.717, 1.165) is 14.7 Å². The van der Waals surface area contributed by atoms with Crippen LogP contribution in [0.5, 0.6) is 0 Å². The largest absolute Gasteiger partial charge is 0.492 e. The molecule has 0 saturated carbocycles. The Labute approximate surface area is 174 Å². The maximum Gasteiger partial charge on any atom is 0.258 e. The number of ether oxygens (including phenoxy) is 1. The van der Waals surface area contributed by atoms with Gasteiger partial charge in [-0.3, -0.25) is 14.4 Å². The average Bonchev–Trinajstić information content (AvgIpc) is 2.93. The Bertz CT molecular complexity index is 1260. The number of hydrogen-bond acceptors (Lipinski definition) is 4. The summed E-state index contributed by atoms with van der Waals surface area (Å²) in [6.07, 6.45) is 2.95. The molecular weight excluding hydrogens is 471 g/mol. The highest BCUT2D eigenvalue weighted by molar-refractivity contribution is 14.1. The first-order chi connectivity index (χ1) is 13.3. The van der Waals surface area contributed by atoms with Gasteiger partial charge in [0.1, 0.15) is 5.69 Å². The lowest BCUT2D eigenvalue weighted by molar-refractivity contribution is 0.0913. The number of pyridine rings is 1. The zero-order valence-corrected chi connectivity index (χ0v) is 17.7. The molecule has 0 amide bonds. The van der Waals surface area contributed by atoms with E-state index in [4.69, 9.17) is 4.74 Å². The van der Waals surface area contributed by atoms with Gasteiger partial charge in [0.2, 0.25) is 11.6 Å². The number of halogens is 1. The number of nitrogens with zero attached hydrogens (tertiary/aromatic N) is 2. The molecule has 1 aromatic carbocycles. The van der Waals surface area contributed by atoms with Crippen LogP contribution in [0.25, 0.3) is 10.8 Å². The lowest BCUT2D eigenvalue weighted by atomic mass is 9.96. The molecule has 0 saturated heterocycles. The molecule has 0 bridgehead atoms. The summed E-state index contributed by atoms with van der Waals surface area (Å²) in [7, 11) is 3.12. The van der Waals surface area contributed by atoms with E-state index in [0.29, 0.717) is 22.2 Å². The van der Waals surface area contributed by atoms with E-state index in [1.165, 1.54) is 13.2 Å². The SMILES string of the molecule is COC1=CC(=O)c2c(c(Cn3ccc4c(I)cccc4c3=O)c(C)n2C)C1=O. The van der Waals surface area contributed by atoms with Crippen molar-refractivity contribution in [2.24, 2.45) is 7.05 Å². The summed E-state index contributed by atoms with van der Waals surface area (Å²) < 4.78 is 9.38. The zero-order valence-electron chi connectivity index (χ0n) is 15.6. The quantitative estimate of drug-likeness (QED) is 0.532. The van der Waals surface area contributed by atoms with Gasteiger partial charge in [0.25, 0.3) is 5.56 Å². The van der Waals surface area contributed by atoms with Gasteiger partial charge >= 0.3 is 0 Å². The van der Waals surface area contributed by atoms with Crippen molar-refractivity contribution in [3.05, 3.63) is 78.7 Å². The Morgan fingerprint density at radius 1 is 1.11 bits per heavy atom. The Balaban J connectivity index is 1.90. The molecule has 0 fully saturated rings. The molecule has 0 spiro atoms. The van der Waals surface area contributed by atoms with Crippen LogP contribution in [0.4, 0.5) is 0 Å². The second-order valence-corrected chi connectivity index (χ2v) is 7.86. The van der Waals surface area contributed by atoms with Crippen molar-refractivity contribution in [3.63, 3.8) is 0 Å². The smallest absolute Gasteiger partial charge is 0.258 e. The molecule has 0 atom stereocenters. The van der Waals surface area contributed by atoms with Gasteiger partial charge in [-0.2, -0.15) is 0 Å². The molecule has 0 radical (unpaired) electrons. The lowest BCUT2D eigenvalue weighted by Crippen LogP contribution is -2.23. The lowest BCUT2D eigenvalue weighted by Gasteiger charge is -2.14. The van der Waals surface area contributed by atoms with Gasteiger partial charge in [-0.15, -0.1) is 0 Å². The molecule has 1 aliphatic rings. The minimum absolute atomic E-state index is 0.0183. The normalized spacial score (nSPS) is 13.6. The Morgan fingerprint density at radius 3 is 2.57 bits per heavy atom. The van der Waals surface area contributed by atoms with E-state index in [1.807, 2.05) is 25.1 Å². The summed E-state index contributed by atoms with van der Waals surface area (Å²) in [6, 6.07) is 7.50. The van der Waals surface area contributed by atoms with Crippen LogP contribution in [0.3, 0.4) is 0 Å². The van der Waals surface area contributed by atoms with Gasteiger partial charge in [-0.05, 0) is 47.7 Å². The van der Waals surface area contributed by atoms with Gasteiger partial charge < -0.3 is 13.9 Å². The fourth-order valence-corrected chi connectivity index (χ4v) is 4.37. The highest BCUT2D eigenvalue weighted by atomic mass is 127. The number of hydrogen-bond donors (Lipinski definition) is 0. The van der Waals surface area contributed by atoms with Gasteiger partial charge in [0.05, 0.1) is 19.2 Å². The van der Waals surface area contributed by atoms with Crippen LogP contribution in [-0.2, 0) is 18.3 Å². The Kier molecular flexibility index (Phi) is 4.49. The molecule has 2 aromatic heterocycles. The van der Waals surface area contributed by atoms with Crippen molar-refractivity contribution in [1.82, 2.24) is 9.13 Å². The Hall–Kier alpha value is -2.68. The van der Waals surface area contributed by atoms with Crippen LogP contribution in [0.2, 0.25) is 0 Å². The summed E-state index contributed by atoms with van der Waals surface area (Å²) in [5, 5.41) is 1.52. The maximum atomic E-state index is 13.0. The molecular formula is C21H17IN2O4. The standard InChI is InChI=1S/C21H17IN2O4/c1-11-14(18-19(23(11)2)16(25)9-17(28-3)20(18)26)10-24-8-7-12-13(21(24)27)5-4-6-15(12)22/h4-9H,10H2,1-3H3. The third-order valence-corrected chi connectivity index (χ3v) is 6.21. The third-order valence-electron chi connectivity index (χ3n) is 5.27. The van der Waals surface area contributed by atoms with E-state index >= 15 is 0 Å². The molecule has 2 heterocycles. The maximum absolute atomic E-state index is 13.0. The minimum Gasteiger partial charge on any atom is -0.492 e. The molecule has 1 aliphatic carbocycles. The molecule has 7 heteroatoms. The Morgan fingerprint density at radius 2 is 1.86 bits per heavy atom. The van der Waals surface area contributed by atoms with E-state index in [-0.39, 0.29) is 29.4 Å². The summed E-state index contributed by atoms with van der Waals surface area (Å²) in [4.78, 5) is 38.4. The second kappa shape index (κ2) is 6.73. The second-order valence-electron chi connectivity index (χ2n) is 6.70. The van der Waals surface area contributed by atoms with Gasteiger partial charge in [-0.1, -0.05) is 6.07 Å². The number of methoxy groups -OCH3 is 1. The van der Waals surface area contributed by atoms with Crippen LogP contribution in [-0.4, -0.2) is 27.8 Å². The highest BCUT2D eigenvalue weighted by Crippen LogP contribution is 2.30. The molecule has 0 aliphatic heterocycles. The average molecular weight is 488 g/mol. The third kappa shape index (κ3) is 2.64. The fourth-order valence-electron chi connectivity index (χ4n) is 3.69. The summed E-state index contributed by atoms with van der Waals surface area (Å²) in [5.41, 5.74) is 1.95. The number of fused-ring (bicyclic) bond motifs is 2. The van der Waals surface area contributed by atoms with Crippen LogP contribution < -0.4 is 5.56 Å². The number of carbonyl (C=O) groups is 2. The van der Waals surface area contributed by atoms with Crippen molar-refractivity contribution < 1.29 is 14.3 Å². The molecule has 0 unspecified atom stereocenters. The minimum atomic E-state index is -0.334.